The van der Waals surface area contributed by atoms with Crippen LogP contribution in [0.1, 0.15) is 15.4 Å². The number of aryl methyl sites for hydroxylation is 1. The Morgan fingerprint density at radius 1 is 1.27 bits per heavy atom. The average molecular weight is 368 g/mol. The first-order chi connectivity index (χ1) is 12.5. The number of thiophene rings is 1. The number of carbonyl (C=O) groups excluding carboxylic acids is 1. The number of aromatic hydroxyl groups is 1. The van der Waals surface area contributed by atoms with Crippen molar-refractivity contribution in [1.82, 2.24) is 14.8 Å². The normalized spacial score (nSPS) is 11.0. The number of pyridine rings is 1. The van der Waals surface area contributed by atoms with Gasteiger partial charge >= 0.3 is 0 Å². The molecule has 0 aliphatic heterocycles. The summed E-state index contributed by atoms with van der Waals surface area (Å²) in [6.45, 7) is 1.85. The molecular formula is C18H13FN4O2S. The van der Waals surface area contributed by atoms with E-state index in [0.717, 1.165) is 15.9 Å². The predicted molar refractivity (Wildman–Crippen MR) is 97.5 cm³/mol. The first kappa shape index (κ1) is 16.2. The topological polar surface area (TPSA) is 80.0 Å². The summed E-state index contributed by atoms with van der Waals surface area (Å²) in [5.74, 6) is -0.692. The van der Waals surface area contributed by atoms with Gasteiger partial charge in [-0.15, -0.1) is 11.3 Å². The Hall–Kier alpha value is -3.26. The molecule has 1 amide bonds. The van der Waals surface area contributed by atoms with Crippen LogP contribution >= 0.6 is 11.3 Å². The van der Waals surface area contributed by atoms with Crippen molar-refractivity contribution in [2.45, 2.75) is 6.92 Å². The van der Waals surface area contributed by atoms with Crippen LogP contribution < -0.4 is 5.32 Å². The summed E-state index contributed by atoms with van der Waals surface area (Å²) < 4.78 is 14.8. The van der Waals surface area contributed by atoms with Crippen molar-refractivity contribution in [3.05, 3.63) is 65.0 Å². The molecular weight excluding hydrogens is 355 g/mol. The molecule has 2 N–H and O–H groups in total. The number of hydrogen-bond donors (Lipinski definition) is 2. The summed E-state index contributed by atoms with van der Waals surface area (Å²) >= 11 is 1.26. The number of rotatable bonds is 3. The highest BCUT2D eigenvalue weighted by Crippen LogP contribution is 2.31. The number of carbonyl (C=O) groups is 1. The molecule has 0 saturated carbocycles. The summed E-state index contributed by atoms with van der Waals surface area (Å²) in [4.78, 5) is 17.7. The highest BCUT2D eigenvalue weighted by molar-refractivity contribution is 7.20. The zero-order chi connectivity index (χ0) is 18.3. The first-order valence-corrected chi connectivity index (χ1v) is 8.55. The average Bonchev–Trinajstić information content (AvgIpc) is 3.19. The molecule has 4 rings (SSSR count). The monoisotopic (exact) mass is 368 g/mol. The molecule has 3 aromatic heterocycles. The van der Waals surface area contributed by atoms with Crippen LogP contribution in [0.5, 0.6) is 5.75 Å². The summed E-state index contributed by atoms with van der Waals surface area (Å²) in [6, 6.07) is 10.8. The van der Waals surface area contributed by atoms with Crippen molar-refractivity contribution in [3.8, 4) is 11.4 Å². The van der Waals surface area contributed by atoms with Gasteiger partial charge in [0.1, 0.15) is 10.6 Å². The summed E-state index contributed by atoms with van der Waals surface area (Å²) in [5, 5.41) is 17.7. The highest BCUT2D eigenvalue weighted by Gasteiger charge is 2.18. The summed E-state index contributed by atoms with van der Waals surface area (Å²) in [7, 11) is 0. The minimum Gasteiger partial charge on any atom is -0.504 e. The molecule has 0 aliphatic rings. The van der Waals surface area contributed by atoms with Crippen molar-refractivity contribution in [2.75, 3.05) is 5.32 Å². The van der Waals surface area contributed by atoms with Crippen LogP contribution in [-0.4, -0.2) is 25.8 Å². The van der Waals surface area contributed by atoms with E-state index in [2.05, 4.69) is 15.4 Å². The quantitative estimate of drug-likeness (QED) is 0.575. The fraction of sp³-hybridized carbons (Fsp3) is 0.0556. The third kappa shape index (κ3) is 2.80. The van der Waals surface area contributed by atoms with Gasteiger partial charge in [-0.2, -0.15) is 5.10 Å². The largest absolute Gasteiger partial charge is 0.504 e. The maximum absolute atomic E-state index is 13.2. The lowest BCUT2D eigenvalue weighted by molar-refractivity contribution is 0.102. The maximum atomic E-state index is 13.2. The number of nitrogens with zero attached hydrogens (tertiary/aromatic N) is 3. The third-order valence-electron chi connectivity index (χ3n) is 3.86. The molecule has 0 radical (unpaired) electrons. The van der Waals surface area contributed by atoms with Gasteiger partial charge in [0.2, 0.25) is 0 Å². The summed E-state index contributed by atoms with van der Waals surface area (Å²) in [5.41, 5.74) is 1.47. The number of nitrogens with one attached hydrogen (secondary N) is 1. The van der Waals surface area contributed by atoms with E-state index in [9.17, 15) is 14.3 Å². The van der Waals surface area contributed by atoms with Crippen LogP contribution in [0, 0.1) is 12.7 Å². The standard InChI is InChI=1S/C18H13FN4O2S/c1-10-13-9-15(17(25)21-16-14(24)3-2-8-20-16)26-18(13)23(22-10)12-6-4-11(19)5-7-12/h2-9,24H,1H3,(H,20,21,25). The number of aromatic nitrogens is 3. The maximum Gasteiger partial charge on any atom is 0.267 e. The molecule has 0 unspecified atom stereocenters. The molecule has 0 atom stereocenters. The van der Waals surface area contributed by atoms with Crippen LogP contribution in [0.25, 0.3) is 15.9 Å². The van der Waals surface area contributed by atoms with E-state index >= 15 is 0 Å². The fourth-order valence-corrected chi connectivity index (χ4v) is 3.66. The molecule has 0 spiro atoms. The minimum atomic E-state index is -0.370. The zero-order valence-electron chi connectivity index (χ0n) is 13.6. The Morgan fingerprint density at radius 3 is 2.77 bits per heavy atom. The molecule has 0 aliphatic carbocycles. The zero-order valence-corrected chi connectivity index (χ0v) is 14.4. The second-order valence-corrected chi connectivity index (χ2v) is 6.66. The van der Waals surface area contributed by atoms with E-state index < -0.39 is 0 Å². The second-order valence-electron chi connectivity index (χ2n) is 5.63. The van der Waals surface area contributed by atoms with E-state index in [1.165, 1.54) is 35.7 Å². The van der Waals surface area contributed by atoms with E-state index in [4.69, 9.17) is 0 Å². The third-order valence-corrected chi connectivity index (χ3v) is 4.97. The molecule has 1 aromatic carbocycles. The van der Waals surface area contributed by atoms with Gasteiger partial charge in [-0.1, -0.05) is 0 Å². The Bertz CT molecular complexity index is 1120. The molecule has 26 heavy (non-hydrogen) atoms. The highest BCUT2D eigenvalue weighted by atomic mass is 32.1. The number of amides is 1. The van der Waals surface area contributed by atoms with Crippen LogP contribution in [0.4, 0.5) is 10.2 Å². The molecule has 8 heteroatoms. The van der Waals surface area contributed by atoms with E-state index in [-0.39, 0.29) is 23.3 Å². The van der Waals surface area contributed by atoms with E-state index in [0.29, 0.717) is 10.6 Å². The van der Waals surface area contributed by atoms with E-state index in [1.54, 1.807) is 28.9 Å². The van der Waals surface area contributed by atoms with Crippen LogP contribution in [0.3, 0.4) is 0 Å². The number of halogens is 1. The Morgan fingerprint density at radius 2 is 2.04 bits per heavy atom. The van der Waals surface area contributed by atoms with E-state index in [1.807, 2.05) is 6.92 Å². The molecule has 4 aromatic rings. The lowest BCUT2D eigenvalue weighted by Gasteiger charge is -2.04. The number of benzene rings is 1. The Labute approximate surface area is 151 Å². The Balaban J connectivity index is 1.72. The number of anilines is 1. The lowest BCUT2D eigenvalue weighted by atomic mass is 10.3. The Kier molecular flexibility index (Phi) is 3.89. The molecule has 0 fully saturated rings. The van der Waals surface area contributed by atoms with Crippen LogP contribution in [0.2, 0.25) is 0 Å². The minimum absolute atomic E-state index is 0.101. The van der Waals surface area contributed by atoms with Crippen LogP contribution in [0.15, 0.2) is 48.7 Å². The molecule has 0 saturated heterocycles. The van der Waals surface area contributed by atoms with Crippen molar-refractivity contribution in [3.63, 3.8) is 0 Å². The van der Waals surface area contributed by atoms with Crippen LogP contribution in [-0.2, 0) is 0 Å². The van der Waals surface area contributed by atoms with Gasteiger partial charge in [-0.3, -0.25) is 4.79 Å². The van der Waals surface area contributed by atoms with Gasteiger partial charge in [0.15, 0.2) is 11.6 Å². The lowest BCUT2D eigenvalue weighted by Crippen LogP contribution is -2.11. The number of fused-ring (bicyclic) bond motifs is 1. The predicted octanol–water partition coefficient (Wildman–Crippen LogP) is 3.89. The van der Waals surface area contributed by atoms with Gasteiger partial charge in [-0.25, -0.2) is 14.1 Å². The smallest absolute Gasteiger partial charge is 0.267 e. The molecule has 0 bridgehead atoms. The van der Waals surface area contributed by atoms with Gasteiger partial charge in [-0.05, 0) is 49.4 Å². The van der Waals surface area contributed by atoms with Gasteiger partial charge in [0.05, 0.1) is 16.3 Å². The van der Waals surface area contributed by atoms with Gasteiger partial charge in [0.25, 0.3) is 5.91 Å². The fourth-order valence-electron chi connectivity index (χ4n) is 2.58. The number of hydrogen-bond acceptors (Lipinski definition) is 5. The van der Waals surface area contributed by atoms with Crippen molar-refractivity contribution in [2.24, 2.45) is 0 Å². The molecule has 6 nitrogen and oxygen atoms in total. The van der Waals surface area contributed by atoms with Gasteiger partial charge in [0, 0.05) is 11.6 Å². The van der Waals surface area contributed by atoms with Gasteiger partial charge < -0.3 is 10.4 Å². The summed E-state index contributed by atoms with van der Waals surface area (Å²) in [6.07, 6.45) is 1.48. The molecule has 3 heterocycles. The van der Waals surface area contributed by atoms with Crippen molar-refractivity contribution < 1.29 is 14.3 Å². The first-order valence-electron chi connectivity index (χ1n) is 7.73. The SMILES string of the molecule is Cc1nn(-c2ccc(F)cc2)c2sc(C(=O)Nc3ncccc3O)cc12. The molecule has 130 valence electrons. The van der Waals surface area contributed by atoms with Crippen molar-refractivity contribution >= 4 is 33.3 Å². The van der Waals surface area contributed by atoms with Crippen molar-refractivity contribution in [1.29, 1.82) is 0 Å². The second kappa shape index (κ2) is 6.23.